The molecule has 20 heavy (non-hydrogen) atoms. The molecule has 0 aliphatic carbocycles. The maximum Gasteiger partial charge on any atom is 0.190 e. The lowest BCUT2D eigenvalue weighted by molar-refractivity contribution is 0.547. The fraction of sp³-hybridized carbons (Fsp3) is 0.429. The average Bonchev–Trinajstić information content (AvgIpc) is 2.78. The summed E-state index contributed by atoms with van der Waals surface area (Å²) in [5, 5.41) is 8.17. The van der Waals surface area contributed by atoms with Gasteiger partial charge in [0.1, 0.15) is 12.1 Å². The van der Waals surface area contributed by atoms with E-state index in [1.54, 1.807) is 16.8 Å². The largest absolute Gasteiger partial charge is 0.312 e. The van der Waals surface area contributed by atoms with E-state index < -0.39 is 0 Å². The SMILES string of the molecule is CC(C)CNCc1cc(F)ccc1Sc1ncnn1C. The normalized spacial score (nSPS) is 11.2. The van der Waals surface area contributed by atoms with Crippen molar-refractivity contribution >= 4 is 11.8 Å². The number of hydrogen-bond donors (Lipinski definition) is 1. The average molecular weight is 294 g/mol. The number of nitrogens with one attached hydrogen (secondary N) is 1. The summed E-state index contributed by atoms with van der Waals surface area (Å²) >= 11 is 1.50. The zero-order chi connectivity index (χ0) is 14.5. The highest BCUT2D eigenvalue weighted by molar-refractivity contribution is 7.99. The van der Waals surface area contributed by atoms with Crippen molar-refractivity contribution in [3.8, 4) is 0 Å². The number of halogens is 1. The van der Waals surface area contributed by atoms with Gasteiger partial charge in [-0.3, -0.25) is 0 Å². The first kappa shape index (κ1) is 15.0. The van der Waals surface area contributed by atoms with Crippen LogP contribution in [0.3, 0.4) is 0 Å². The number of aromatic nitrogens is 3. The molecule has 108 valence electrons. The third kappa shape index (κ3) is 4.05. The molecule has 4 nitrogen and oxygen atoms in total. The van der Waals surface area contributed by atoms with Crippen molar-refractivity contribution in [3.63, 3.8) is 0 Å². The van der Waals surface area contributed by atoms with E-state index in [-0.39, 0.29) is 5.82 Å². The monoisotopic (exact) mass is 294 g/mol. The molecule has 0 unspecified atom stereocenters. The fourth-order valence-electron chi connectivity index (χ4n) is 1.76. The second kappa shape index (κ2) is 6.85. The lowest BCUT2D eigenvalue weighted by Gasteiger charge is -2.11. The minimum Gasteiger partial charge on any atom is -0.312 e. The Hall–Kier alpha value is -1.40. The van der Waals surface area contributed by atoms with E-state index in [4.69, 9.17) is 0 Å². The van der Waals surface area contributed by atoms with Crippen molar-refractivity contribution < 1.29 is 4.39 Å². The van der Waals surface area contributed by atoms with Crippen molar-refractivity contribution in [3.05, 3.63) is 35.9 Å². The molecule has 0 saturated carbocycles. The highest BCUT2D eigenvalue weighted by atomic mass is 32.2. The number of benzene rings is 1. The van der Waals surface area contributed by atoms with Crippen LogP contribution in [0.25, 0.3) is 0 Å². The fourth-order valence-corrected chi connectivity index (χ4v) is 2.63. The first-order chi connectivity index (χ1) is 9.56. The Balaban J connectivity index is 2.13. The smallest absolute Gasteiger partial charge is 0.190 e. The molecule has 0 radical (unpaired) electrons. The van der Waals surface area contributed by atoms with E-state index in [9.17, 15) is 4.39 Å². The molecule has 1 aromatic heterocycles. The van der Waals surface area contributed by atoms with Crippen molar-refractivity contribution in [2.24, 2.45) is 13.0 Å². The molecule has 0 atom stereocenters. The molecule has 1 aromatic carbocycles. The third-order valence-corrected chi connectivity index (χ3v) is 3.93. The Kier molecular flexibility index (Phi) is 5.14. The van der Waals surface area contributed by atoms with Gasteiger partial charge in [0, 0.05) is 18.5 Å². The summed E-state index contributed by atoms with van der Waals surface area (Å²) < 4.78 is 15.1. The van der Waals surface area contributed by atoms with E-state index in [2.05, 4.69) is 29.2 Å². The van der Waals surface area contributed by atoms with Crippen LogP contribution in [0.15, 0.2) is 34.6 Å². The maximum absolute atomic E-state index is 13.4. The molecule has 0 fully saturated rings. The second-order valence-electron chi connectivity index (χ2n) is 5.05. The van der Waals surface area contributed by atoms with Crippen LogP contribution in [0.5, 0.6) is 0 Å². The molecule has 0 aliphatic heterocycles. The zero-order valence-electron chi connectivity index (χ0n) is 11.9. The minimum absolute atomic E-state index is 0.214. The van der Waals surface area contributed by atoms with Gasteiger partial charge < -0.3 is 5.32 Å². The van der Waals surface area contributed by atoms with E-state index in [1.165, 1.54) is 24.2 Å². The van der Waals surface area contributed by atoms with Crippen LogP contribution >= 0.6 is 11.8 Å². The first-order valence-electron chi connectivity index (χ1n) is 6.57. The van der Waals surface area contributed by atoms with Gasteiger partial charge in [0.2, 0.25) is 0 Å². The summed E-state index contributed by atoms with van der Waals surface area (Å²) in [5.74, 6) is 0.354. The summed E-state index contributed by atoms with van der Waals surface area (Å²) in [6, 6.07) is 4.84. The number of aryl methyl sites for hydroxylation is 1. The van der Waals surface area contributed by atoms with Gasteiger partial charge in [-0.15, -0.1) is 0 Å². The number of hydrogen-bond acceptors (Lipinski definition) is 4. The summed E-state index contributed by atoms with van der Waals surface area (Å²) in [4.78, 5) is 5.18. The van der Waals surface area contributed by atoms with Crippen LogP contribution in [0.2, 0.25) is 0 Å². The Morgan fingerprint density at radius 1 is 1.40 bits per heavy atom. The van der Waals surface area contributed by atoms with Crippen LogP contribution in [0, 0.1) is 11.7 Å². The predicted molar refractivity (Wildman–Crippen MR) is 78.1 cm³/mol. The van der Waals surface area contributed by atoms with Gasteiger partial charge in [-0.2, -0.15) is 5.10 Å². The Bertz CT molecular complexity index is 568. The van der Waals surface area contributed by atoms with Crippen LogP contribution in [0.4, 0.5) is 4.39 Å². The van der Waals surface area contributed by atoms with Crippen molar-refractivity contribution in [2.75, 3.05) is 6.54 Å². The number of rotatable bonds is 6. The summed E-state index contributed by atoms with van der Waals surface area (Å²) in [6.07, 6.45) is 1.52. The minimum atomic E-state index is -0.214. The molecule has 0 aliphatic rings. The molecule has 1 N–H and O–H groups in total. The van der Waals surface area contributed by atoms with Gasteiger partial charge in [-0.25, -0.2) is 14.1 Å². The van der Waals surface area contributed by atoms with Crippen LogP contribution < -0.4 is 5.32 Å². The predicted octanol–water partition coefficient (Wildman–Crippen LogP) is 2.85. The second-order valence-corrected chi connectivity index (χ2v) is 6.05. The summed E-state index contributed by atoms with van der Waals surface area (Å²) in [7, 11) is 1.84. The van der Waals surface area contributed by atoms with E-state index in [1.807, 2.05) is 7.05 Å². The van der Waals surface area contributed by atoms with Gasteiger partial charge >= 0.3 is 0 Å². The highest BCUT2D eigenvalue weighted by Gasteiger charge is 2.09. The standard InChI is InChI=1S/C14H19FN4S/c1-10(2)7-16-8-11-6-12(15)4-5-13(11)20-14-17-9-18-19(14)3/h4-6,9-10,16H,7-8H2,1-3H3. The molecule has 0 spiro atoms. The van der Waals surface area contributed by atoms with Gasteiger partial charge in [0.05, 0.1) is 0 Å². The lowest BCUT2D eigenvalue weighted by atomic mass is 10.2. The topological polar surface area (TPSA) is 42.7 Å². The van der Waals surface area contributed by atoms with Gasteiger partial charge in [0.25, 0.3) is 0 Å². The molecule has 2 aromatic rings. The summed E-state index contributed by atoms with van der Waals surface area (Å²) in [5.41, 5.74) is 0.943. The van der Waals surface area contributed by atoms with Gasteiger partial charge in [0.15, 0.2) is 5.16 Å². The molecule has 0 bridgehead atoms. The quantitative estimate of drug-likeness (QED) is 0.889. The van der Waals surface area contributed by atoms with Crippen molar-refractivity contribution in [1.29, 1.82) is 0 Å². The third-order valence-electron chi connectivity index (χ3n) is 2.76. The zero-order valence-corrected chi connectivity index (χ0v) is 12.7. The highest BCUT2D eigenvalue weighted by Crippen LogP contribution is 2.29. The maximum atomic E-state index is 13.4. The molecule has 6 heteroatoms. The summed E-state index contributed by atoms with van der Waals surface area (Å²) in [6.45, 7) is 5.85. The van der Waals surface area contributed by atoms with E-state index >= 15 is 0 Å². The number of nitrogens with zero attached hydrogens (tertiary/aromatic N) is 3. The van der Waals surface area contributed by atoms with Gasteiger partial charge in [-0.05, 0) is 48.0 Å². The molecular formula is C14H19FN4S. The van der Waals surface area contributed by atoms with Crippen LogP contribution in [0.1, 0.15) is 19.4 Å². The molecule has 1 heterocycles. The van der Waals surface area contributed by atoms with Gasteiger partial charge in [-0.1, -0.05) is 13.8 Å². The van der Waals surface area contributed by atoms with E-state index in [0.29, 0.717) is 12.5 Å². The Morgan fingerprint density at radius 3 is 2.85 bits per heavy atom. The van der Waals surface area contributed by atoms with Crippen LogP contribution in [-0.4, -0.2) is 21.3 Å². The Morgan fingerprint density at radius 2 is 2.20 bits per heavy atom. The molecule has 2 rings (SSSR count). The Labute approximate surface area is 122 Å². The van der Waals surface area contributed by atoms with Crippen molar-refractivity contribution in [1.82, 2.24) is 20.1 Å². The lowest BCUT2D eigenvalue weighted by Crippen LogP contribution is -2.19. The van der Waals surface area contributed by atoms with Crippen molar-refractivity contribution in [2.45, 2.75) is 30.4 Å². The molecule has 0 saturated heterocycles. The van der Waals surface area contributed by atoms with E-state index in [0.717, 1.165) is 22.2 Å². The molecule has 0 amide bonds. The molecular weight excluding hydrogens is 275 g/mol. The first-order valence-corrected chi connectivity index (χ1v) is 7.39. The van der Waals surface area contributed by atoms with Crippen LogP contribution in [-0.2, 0) is 13.6 Å².